The second-order valence-electron chi connectivity index (χ2n) is 8.84. The van der Waals surface area contributed by atoms with Crippen LogP contribution < -0.4 is 0 Å². The molecule has 1 atom stereocenters. The van der Waals surface area contributed by atoms with Crippen LogP contribution in [0.5, 0.6) is 0 Å². The van der Waals surface area contributed by atoms with Crippen LogP contribution in [0.25, 0.3) is 5.52 Å². The van der Waals surface area contributed by atoms with Gasteiger partial charge in [0.25, 0.3) is 0 Å². The number of fused-ring (bicyclic) bond motifs is 1. The zero-order chi connectivity index (χ0) is 24.3. The van der Waals surface area contributed by atoms with Gasteiger partial charge in [-0.1, -0.05) is 30.3 Å². The van der Waals surface area contributed by atoms with Gasteiger partial charge >= 0.3 is 12.1 Å². The van der Waals surface area contributed by atoms with Crippen LogP contribution in [0.2, 0.25) is 0 Å². The Kier molecular flexibility index (Phi) is 6.88. The summed E-state index contributed by atoms with van der Waals surface area (Å²) in [5.41, 5.74) is 1.95. The molecule has 180 valence electrons. The van der Waals surface area contributed by atoms with E-state index in [4.69, 9.17) is 9.47 Å². The Bertz CT molecular complexity index is 1160. The number of esters is 1. The topological polar surface area (TPSA) is 93.4 Å². The first-order chi connectivity index (χ1) is 16.3. The highest BCUT2D eigenvalue weighted by atomic mass is 16.6. The summed E-state index contributed by atoms with van der Waals surface area (Å²) in [5, 5.41) is 16.2. The number of carbonyl (C=O) groups is 2. The zero-order valence-electron chi connectivity index (χ0n) is 19.9. The molecule has 1 N–H and O–H groups in total. The number of benzene rings is 1. The average Bonchev–Trinajstić information content (AvgIpc) is 3.15. The largest absolute Gasteiger partial charge is 0.462 e. The molecule has 0 bridgehead atoms. The second-order valence-corrected chi connectivity index (χ2v) is 8.84. The van der Waals surface area contributed by atoms with Gasteiger partial charge in [-0.05, 0) is 62.8 Å². The maximum absolute atomic E-state index is 12.7. The lowest BCUT2D eigenvalue weighted by molar-refractivity contribution is -0.0377. The lowest BCUT2D eigenvalue weighted by Gasteiger charge is -2.39. The lowest BCUT2D eigenvalue weighted by atomic mass is 9.78. The standard InChI is InChI=1S/C26H31N3O5/c1-4-33-24(30)22-18(2)23(29-21(22)11-8-14-27-29)26(3,32)20-12-15-28(16-13-20)25(31)34-17-19-9-6-5-7-10-19/h5-11,14,20,32H,4,12-13,15-17H2,1-3H3. The SMILES string of the molecule is CCOC(=O)c1c(C)c(C(C)(O)C2CCN(C(=O)OCc3ccccc3)CC2)n2ncccc12. The highest BCUT2D eigenvalue weighted by molar-refractivity contribution is 5.99. The van der Waals surface area contributed by atoms with Gasteiger partial charge < -0.3 is 19.5 Å². The van der Waals surface area contributed by atoms with E-state index in [2.05, 4.69) is 5.10 Å². The first-order valence-electron chi connectivity index (χ1n) is 11.7. The number of piperidine rings is 1. The van der Waals surface area contributed by atoms with Crippen LogP contribution in [0.1, 0.15) is 53.9 Å². The number of carbonyl (C=O) groups excluding carboxylic acids is 2. The Morgan fingerprint density at radius 2 is 1.82 bits per heavy atom. The van der Waals surface area contributed by atoms with Crippen molar-refractivity contribution >= 4 is 17.6 Å². The van der Waals surface area contributed by atoms with E-state index in [0.717, 1.165) is 5.56 Å². The monoisotopic (exact) mass is 465 g/mol. The molecule has 34 heavy (non-hydrogen) atoms. The molecule has 4 rings (SSSR count). The molecule has 1 aliphatic heterocycles. The fraction of sp³-hybridized carbons (Fsp3) is 0.423. The summed E-state index contributed by atoms with van der Waals surface area (Å²) in [6.07, 6.45) is 2.48. The molecule has 1 fully saturated rings. The van der Waals surface area contributed by atoms with Crippen LogP contribution >= 0.6 is 0 Å². The lowest BCUT2D eigenvalue weighted by Crippen LogP contribution is -2.45. The van der Waals surface area contributed by atoms with E-state index in [0.29, 0.717) is 48.3 Å². The van der Waals surface area contributed by atoms with Gasteiger partial charge in [0.05, 0.1) is 23.4 Å². The third-order valence-electron chi connectivity index (χ3n) is 6.66. The molecule has 0 saturated carbocycles. The minimum atomic E-state index is -1.26. The minimum absolute atomic E-state index is 0.125. The van der Waals surface area contributed by atoms with Crippen molar-refractivity contribution in [3.63, 3.8) is 0 Å². The predicted molar refractivity (Wildman–Crippen MR) is 126 cm³/mol. The number of aromatic nitrogens is 2. The molecule has 2 aromatic heterocycles. The van der Waals surface area contributed by atoms with Gasteiger partial charge in [-0.15, -0.1) is 0 Å². The van der Waals surface area contributed by atoms with Crippen molar-refractivity contribution in [2.24, 2.45) is 5.92 Å². The summed E-state index contributed by atoms with van der Waals surface area (Å²) in [7, 11) is 0. The number of aliphatic hydroxyl groups is 1. The van der Waals surface area contributed by atoms with Crippen molar-refractivity contribution in [2.75, 3.05) is 19.7 Å². The fourth-order valence-corrected chi connectivity index (χ4v) is 4.89. The van der Waals surface area contributed by atoms with Gasteiger partial charge in [0, 0.05) is 19.3 Å². The molecular formula is C26H31N3O5. The molecule has 3 aromatic rings. The zero-order valence-corrected chi connectivity index (χ0v) is 19.9. The highest BCUT2D eigenvalue weighted by Crippen LogP contribution is 2.40. The number of rotatable bonds is 6. The van der Waals surface area contributed by atoms with Crippen molar-refractivity contribution in [3.8, 4) is 0 Å². The number of likely N-dealkylation sites (tertiary alicyclic amines) is 1. The van der Waals surface area contributed by atoms with Crippen molar-refractivity contribution in [1.29, 1.82) is 0 Å². The Balaban J connectivity index is 1.50. The Labute approximate surface area is 199 Å². The van der Waals surface area contributed by atoms with Crippen LogP contribution in [0.15, 0.2) is 48.7 Å². The van der Waals surface area contributed by atoms with Crippen molar-refractivity contribution in [1.82, 2.24) is 14.5 Å². The maximum atomic E-state index is 12.7. The van der Waals surface area contributed by atoms with E-state index < -0.39 is 11.6 Å². The van der Waals surface area contributed by atoms with Gasteiger partial charge in [0.2, 0.25) is 0 Å². The van der Waals surface area contributed by atoms with E-state index in [1.54, 1.807) is 41.6 Å². The number of amides is 1. The molecular weight excluding hydrogens is 434 g/mol. The Hall–Kier alpha value is -3.39. The molecule has 3 heterocycles. The predicted octanol–water partition coefficient (Wildman–Crippen LogP) is 4.08. The third-order valence-corrected chi connectivity index (χ3v) is 6.66. The molecule has 8 nitrogen and oxygen atoms in total. The van der Waals surface area contributed by atoms with Gasteiger partial charge in [-0.2, -0.15) is 5.10 Å². The Morgan fingerprint density at radius 1 is 1.12 bits per heavy atom. The van der Waals surface area contributed by atoms with Crippen molar-refractivity contribution < 1.29 is 24.2 Å². The summed E-state index contributed by atoms with van der Waals surface area (Å²) in [6, 6.07) is 13.1. The minimum Gasteiger partial charge on any atom is -0.462 e. The Morgan fingerprint density at radius 3 is 2.50 bits per heavy atom. The molecule has 0 radical (unpaired) electrons. The molecule has 1 aliphatic rings. The van der Waals surface area contributed by atoms with Crippen LogP contribution in [0.3, 0.4) is 0 Å². The molecule has 8 heteroatoms. The molecule has 1 unspecified atom stereocenters. The summed E-state index contributed by atoms with van der Waals surface area (Å²) in [5.74, 6) is -0.553. The summed E-state index contributed by atoms with van der Waals surface area (Å²) in [6.45, 7) is 6.80. The van der Waals surface area contributed by atoms with Gasteiger partial charge in [-0.25, -0.2) is 14.1 Å². The van der Waals surface area contributed by atoms with E-state index in [1.807, 2.05) is 37.3 Å². The molecule has 1 amide bonds. The van der Waals surface area contributed by atoms with Crippen LogP contribution in [0.4, 0.5) is 4.79 Å². The number of nitrogens with zero attached hydrogens (tertiary/aromatic N) is 3. The smallest absolute Gasteiger partial charge is 0.410 e. The molecule has 1 saturated heterocycles. The summed E-state index contributed by atoms with van der Waals surface area (Å²) < 4.78 is 12.4. The third kappa shape index (κ3) is 4.50. The number of hydrogen-bond acceptors (Lipinski definition) is 6. The summed E-state index contributed by atoms with van der Waals surface area (Å²) in [4.78, 5) is 26.9. The van der Waals surface area contributed by atoms with Crippen LogP contribution in [-0.4, -0.2) is 51.4 Å². The molecule has 0 spiro atoms. The van der Waals surface area contributed by atoms with Crippen molar-refractivity contribution in [2.45, 2.75) is 45.8 Å². The normalized spacial score (nSPS) is 16.3. The van der Waals surface area contributed by atoms with E-state index >= 15 is 0 Å². The van der Waals surface area contributed by atoms with E-state index in [9.17, 15) is 14.7 Å². The van der Waals surface area contributed by atoms with Crippen LogP contribution in [-0.2, 0) is 21.7 Å². The van der Waals surface area contributed by atoms with Crippen molar-refractivity contribution in [3.05, 3.63) is 71.0 Å². The first-order valence-corrected chi connectivity index (χ1v) is 11.7. The maximum Gasteiger partial charge on any atom is 0.410 e. The quantitative estimate of drug-likeness (QED) is 0.552. The fourth-order valence-electron chi connectivity index (χ4n) is 4.89. The number of hydrogen-bond donors (Lipinski definition) is 1. The van der Waals surface area contributed by atoms with Gasteiger partial charge in [0.15, 0.2) is 0 Å². The number of ether oxygens (including phenoxy) is 2. The second kappa shape index (κ2) is 9.85. The summed E-state index contributed by atoms with van der Waals surface area (Å²) >= 11 is 0. The average molecular weight is 466 g/mol. The van der Waals surface area contributed by atoms with Crippen LogP contribution in [0, 0.1) is 12.8 Å². The van der Waals surface area contributed by atoms with E-state index in [1.165, 1.54) is 0 Å². The van der Waals surface area contributed by atoms with Gasteiger partial charge in [-0.3, -0.25) is 0 Å². The highest BCUT2D eigenvalue weighted by Gasteiger charge is 2.42. The van der Waals surface area contributed by atoms with E-state index in [-0.39, 0.29) is 25.2 Å². The first kappa shape index (κ1) is 23.8. The molecule has 0 aliphatic carbocycles. The molecule has 1 aromatic carbocycles. The van der Waals surface area contributed by atoms with Gasteiger partial charge in [0.1, 0.15) is 12.2 Å².